The van der Waals surface area contributed by atoms with Gasteiger partial charge in [-0.15, -0.1) is 0 Å². The Morgan fingerprint density at radius 1 is 1.14 bits per heavy atom. The molecule has 3 unspecified atom stereocenters. The van der Waals surface area contributed by atoms with Crippen LogP contribution in [-0.4, -0.2) is 33.4 Å². The van der Waals surface area contributed by atoms with E-state index in [9.17, 15) is 9.59 Å². The predicted octanol–water partition coefficient (Wildman–Crippen LogP) is 0.176. The van der Waals surface area contributed by atoms with E-state index < -0.39 is 29.9 Å². The van der Waals surface area contributed by atoms with Crippen molar-refractivity contribution in [1.82, 2.24) is 0 Å². The molecule has 0 fully saturated rings. The minimum atomic E-state index is -1.18. The van der Waals surface area contributed by atoms with E-state index in [1.807, 2.05) is 0 Å². The van der Waals surface area contributed by atoms with Gasteiger partial charge in [-0.1, -0.05) is 6.92 Å². The van der Waals surface area contributed by atoms with Gasteiger partial charge in [0.25, 0.3) is 0 Å². The smallest absolute Gasteiger partial charge is 0.307 e. The fraction of sp³-hybridized carbons (Fsp3) is 0.750. The third-order valence-corrected chi connectivity index (χ3v) is 1.91. The second-order valence-electron chi connectivity index (χ2n) is 3.16. The van der Waals surface area contributed by atoms with Gasteiger partial charge < -0.3 is 15.3 Å². The Morgan fingerprint density at radius 3 is 1.79 bits per heavy atom. The molecule has 14 heavy (non-hydrogen) atoms. The molecule has 0 spiro atoms. The maximum atomic E-state index is 10.6. The fourth-order valence-electron chi connectivity index (χ4n) is 1.06. The van der Waals surface area contributed by atoms with Crippen molar-refractivity contribution < 1.29 is 42.0 Å². The molecule has 0 aliphatic rings. The summed E-state index contributed by atoms with van der Waals surface area (Å²) in [4.78, 5) is 21.1. The van der Waals surface area contributed by atoms with Crippen LogP contribution in [0.5, 0.6) is 0 Å². The molecule has 0 amide bonds. The Balaban J connectivity index is 0. The summed E-state index contributed by atoms with van der Waals surface area (Å²) < 4.78 is 0. The standard InChI is InChI=1S/C8H14O5.Fe/c1-4(9)3-6(8(12)13)5(2)7(10)11;/h4-6,9H,3H2,1-2H3,(H,10,11)(H,12,13);. The number of carboxylic acid groups (broad SMARTS) is 2. The van der Waals surface area contributed by atoms with Crippen LogP contribution in [0.25, 0.3) is 0 Å². The van der Waals surface area contributed by atoms with Gasteiger partial charge in [0.15, 0.2) is 0 Å². The zero-order valence-electron chi connectivity index (χ0n) is 7.95. The first-order chi connectivity index (χ1) is 5.86. The molecule has 5 nitrogen and oxygen atoms in total. The van der Waals surface area contributed by atoms with Crippen molar-refractivity contribution in [3.63, 3.8) is 0 Å². The van der Waals surface area contributed by atoms with E-state index in [0.29, 0.717) is 0 Å². The van der Waals surface area contributed by atoms with Gasteiger partial charge in [0.2, 0.25) is 0 Å². The van der Waals surface area contributed by atoms with Gasteiger partial charge in [0, 0.05) is 17.1 Å². The molecular formula is C8H14FeO5. The molecule has 3 atom stereocenters. The predicted molar refractivity (Wildman–Crippen MR) is 44.2 cm³/mol. The van der Waals surface area contributed by atoms with Crippen molar-refractivity contribution in [3.05, 3.63) is 0 Å². The topological polar surface area (TPSA) is 94.8 Å². The van der Waals surface area contributed by atoms with E-state index in [0.717, 1.165) is 0 Å². The number of aliphatic hydroxyl groups excluding tert-OH is 1. The van der Waals surface area contributed by atoms with Crippen LogP contribution in [0.15, 0.2) is 0 Å². The summed E-state index contributed by atoms with van der Waals surface area (Å²) >= 11 is 0. The number of carbonyl (C=O) groups is 2. The second kappa shape index (κ2) is 6.81. The molecule has 0 rings (SSSR count). The van der Waals surface area contributed by atoms with Gasteiger partial charge in [-0.05, 0) is 13.3 Å². The minimum Gasteiger partial charge on any atom is -0.481 e. The van der Waals surface area contributed by atoms with Crippen LogP contribution >= 0.6 is 0 Å². The molecule has 0 aromatic heterocycles. The third-order valence-electron chi connectivity index (χ3n) is 1.91. The average molecular weight is 246 g/mol. The van der Waals surface area contributed by atoms with Crippen LogP contribution in [0.2, 0.25) is 0 Å². The Morgan fingerprint density at radius 2 is 1.57 bits per heavy atom. The van der Waals surface area contributed by atoms with Crippen LogP contribution in [0.3, 0.4) is 0 Å². The minimum absolute atomic E-state index is 0. The van der Waals surface area contributed by atoms with Crippen LogP contribution in [-0.2, 0) is 26.7 Å². The van der Waals surface area contributed by atoms with E-state index in [2.05, 4.69) is 0 Å². The van der Waals surface area contributed by atoms with Gasteiger partial charge in [0.05, 0.1) is 17.9 Å². The van der Waals surface area contributed by atoms with Crippen molar-refractivity contribution in [3.8, 4) is 0 Å². The van der Waals surface area contributed by atoms with Gasteiger partial charge in [-0.25, -0.2) is 0 Å². The Labute approximate surface area is 92.6 Å². The molecule has 0 heterocycles. The molecule has 0 bridgehead atoms. The second-order valence-corrected chi connectivity index (χ2v) is 3.16. The van der Waals surface area contributed by atoms with Crippen molar-refractivity contribution in [1.29, 1.82) is 0 Å². The number of hydrogen-bond donors (Lipinski definition) is 3. The monoisotopic (exact) mass is 246 g/mol. The zero-order valence-corrected chi connectivity index (χ0v) is 9.06. The van der Waals surface area contributed by atoms with Crippen LogP contribution in [0.4, 0.5) is 0 Å². The summed E-state index contributed by atoms with van der Waals surface area (Å²) in [5.41, 5.74) is 0. The van der Waals surface area contributed by atoms with E-state index >= 15 is 0 Å². The molecule has 0 saturated heterocycles. The van der Waals surface area contributed by atoms with Crippen LogP contribution in [0.1, 0.15) is 20.3 Å². The van der Waals surface area contributed by atoms with Crippen LogP contribution < -0.4 is 0 Å². The molecule has 3 N–H and O–H groups in total. The summed E-state index contributed by atoms with van der Waals surface area (Å²) in [6, 6.07) is 0. The van der Waals surface area contributed by atoms with Crippen molar-refractivity contribution in [2.45, 2.75) is 26.4 Å². The first-order valence-corrected chi connectivity index (χ1v) is 4.00. The van der Waals surface area contributed by atoms with Gasteiger partial charge >= 0.3 is 11.9 Å². The quantitative estimate of drug-likeness (QED) is 0.601. The summed E-state index contributed by atoms with van der Waals surface area (Å²) in [5.74, 6) is -4.35. The summed E-state index contributed by atoms with van der Waals surface area (Å²) in [7, 11) is 0. The Hall–Kier alpha value is -0.581. The number of aliphatic hydroxyl groups is 1. The first-order valence-electron chi connectivity index (χ1n) is 4.00. The van der Waals surface area contributed by atoms with E-state index in [1.54, 1.807) is 0 Å². The summed E-state index contributed by atoms with van der Waals surface area (Å²) in [6.45, 7) is 2.76. The number of rotatable bonds is 5. The Bertz CT molecular complexity index is 204. The van der Waals surface area contributed by atoms with Crippen molar-refractivity contribution in [2.75, 3.05) is 0 Å². The maximum Gasteiger partial charge on any atom is 0.307 e. The SMILES string of the molecule is CC(O)CC(C(=O)O)C(C)C(=O)O.[Fe]. The molecule has 0 radical (unpaired) electrons. The van der Waals surface area contributed by atoms with E-state index in [1.165, 1.54) is 13.8 Å². The third kappa shape index (κ3) is 5.21. The molecule has 0 aliphatic carbocycles. The number of hydrogen-bond acceptors (Lipinski definition) is 3. The molecule has 0 aromatic carbocycles. The molecule has 84 valence electrons. The first kappa shape index (κ1) is 15.9. The maximum absolute atomic E-state index is 10.6. The van der Waals surface area contributed by atoms with E-state index in [4.69, 9.17) is 15.3 Å². The molecule has 6 heteroatoms. The molecule has 0 aromatic rings. The molecule has 0 aliphatic heterocycles. The van der Waals surface area contributed by atoms with Gasteiger partial charge in [-0.2, -0.15) is 0 Å². The normalized spacial score (nSPS) is 16.2. The summed E-state index contributed by atoms with van der Waals surface area (Å²) in [6.07, 6.45) is -0.842. The Kier molecular flexibility index (Phi) is 7.72. The summed E-state index contributed by atoms with van der Waals surface area (Å²) in [5, 5.41) is 26.2. The van der Waals surface area contributed by atoms with E-state index in [-0.39, 0.29) is 23.5 Å². The fourth-order valence-corrected chi connectivity index (χ4v) is 1.06. The zero-order chi connectivity index (χ0) is 10.6. The van der Waals surface area contributed by atoms with Crippen molar-refractivity contribution >= 4 is 11.9 Å². The largest absolute Gasteiger partial charge is 0.481 e. The molecule has 0 saturated carbocycles. The average Bonchev–Trinajstić information content (AvgIpc) is 1.97. The molecular weight excluding hydrogens is 232 g/mol. The number of aliphatic carboxylic acids is 2. The van der Waals surface area contributed by atoms with Gasteiger partial charge in [0.1, 0.15) is 0 Å². The van der Waals surface area contributed by atoms with Crippen molar-refractivity contribution in [2.24, 2.45) is 11.8 Å². The van der Waals surface area contributed by atoms with Crippen LogP contribution in [0, 0.1) is 11.8 Å². The number of carboxylic acids is 2. The van der Waals surface area contributed by atoms with Gasteiger partial charge in [-0.3, -0.25) is 9.59 Å².